The fraction of sp³-hybridized carbons (Fsp3) is 0.0588. The predicted molar refractivity (Wildman–Crippen MR) is 88.4 cm³/mol. The molecule has 5 heteroatoms. The second kappa shape index (κ2) is 5.77. The van der Waals surface area contributed by atoms with Crippen molar-refractivity contribution in [1.82, 2.24) is 9.55 Å². The number of benzene rings is 2. The molecule has 22 heavy (non-hydrogen) atoms. The molecule has 0 saturated heterocycles. The quantitative estimate of drug-likeness (QED) is 0.760. The molecule has 110 valence electrons. The van der Waals surface area contributed by atoms with E-state index in [1.165, 1.54) is 0 Å². The monoisotopic (exact) mass is 356 g/mol. The van der Waals surface area contributed by atoms with Crippen molar-refractivity contribution in [2.75, 3.05) is 0 Å². The number of carbonyl (C=O) groups is 1. The zero-order valence-electron chi connectivity index (χ0n) is 11.8. The van der Waals surface area contributed by atoms with Gasteiger partial charge in [0.1, 0.15) is 6.33 Å². The van der Waals surface area contributed by atoms with Crippen LogP contribution in [-0.4, -0.2) is 20.6 Å². The van der Waals surface area contributed by atoms with Gasteiger partial charge in [-0.25, -0.2) is 9.78 Å². The Balaban J connectivity index is 2.26. The molecule has 1 heterocycles. The first-order valence-corrected chi connectivity index (χ1v) is 7.49. The molecule has 0 atom stereocenters. The van der Waals surface area contributed by atoms with Crippen LogP contribution in [0.2, 0.25) is 0 Å². The van der Waals surface area contributed by atoms with Crippen molar-refractivity contribution in [2.24, 2.45) is 0 Å². The third-order valence-electron chi connectivity index (χ3n) is 3.35. The van der Waals surface area contributed by atoms with Crippen LogP contribution in [0.15, 0.2) is 59.3 Å². The Bertz CT molecular complexity index is 855. The van der Waals surface area contributed by atoms with E-state index in [1.54, 1.807) is 10.9 Å². The minimum Gasteiger partial charge on any atom is -0.476 e. The van der Waals surface area contributed by atoms with E-state index in [2.05, 4.69) is 20.9 Å². The Kier molecular flexibility index (Phi) is 3.81. The van der Waals surface area contributed by atoms with Crippen molar-refractivity contribution in [1.29, 1.82) is 0 Å². The van der Waals surface area contributed by atoms with Crippen LogP contribution in [0.5, 0.6) is 0 Å². The van der Waals surface area contributed by atoms with Gasteiger partial charge in [0.05, 0.1) is 5.69 Å². The van der Waals surface area contributed by atoms with Gasteiger partial charge in [-0.2, -0.15) is 0 Å². The molecule has 3 rings (SSSR count). The number of halogens is 1. The molecule has 0 aliphatic rings. The highest BCUT2D eigenvalue weighted by Crippen LogP contribution is 2.28. The Hall–Kier alpha value is -2.40. The molecule has 4 nitrogen and oxygen atoms in total. The lowest BCUT2D eigenvalue weighted by Crippen LogP contribution is -2.02. The summed E-state index contributed by atoms with van der Waals surface area (Å²) in [4.78, 5) is 15.6. The minimum atomic E-state index is -1.04. The van der Waals surface area contributed by atoms with E-state index in [0.29, 0.717) is 5.69 Å². The first-order chi connectivity index (χ1) is 10.6. The number of aromatic nitrogens is 2. The summed E-state index contributed by atoms with van der Waals surface area (Å²) in [6.45, 7) is 1.98. The summed E-state index contributed by atoms with van der Waals surface area (Å²) >= 11 is 3.44. The van der Waals surface area contributed by atoms with Crippen LogP contribution in [0.3, 0.4) is 0 Å². The number of nitrogens with zero attached hydrogens (tertiary/aromatic N) is 2. The smallest absolute Gasteiger partial charge is 0.356 e. The van der Waals surface area contributed by atoms with Gasteiger partial charge in [0.2, 0.25) is 0 Å². The van der Waals surface area contributed by atoms with E-state index in [1.807, 2.05) is 55.5 Å². The van der Waals surface area contributed by atoms with Crippen LogP contribution in [0.1, 0.15) is 16.1 Å². The zero-order valence-corrected chi connectivity index (χ0v) is 13.4. The molecule has 0 fully saturated rings. The maximum atomic E-state index is 11.5. The standard InChI is InChI=1S/C17H13BrN2O2/c1-11-4-2-5-12(8-11)16-15(17(21)22)19-10-20(16)14-7-3-6-13(18)9-14/h2-10H,1H3,(H,21,22). The number of rotatable bonds is 3. The van der Waals surface area contributed by atoms with E-state index in [4.69, 9.17) is 0 Å². The Morgan fingerprint density at radius 3 is 2.64 bits per heavy atom. The maximum absolute atomic E-state index is 11.5. The van der Waals surface area contributed by atoms with Gasteiger partial charge in [-0.05, 0) is 31.2 Å². The molecule has 0 aliphatic heterocycles. The molecular formula is C17H13BrN2O2. The molecule has 0 radical (unpaired) electrons. The van der Waals surface area contributed by atoms with Gasteiger partial charge in [-0.15, -0.1) is 0 Å². The Morgan fingerprint density at radius 2 is 1.95 bits per heavy atom. The molecule has 3 aromatic rings. The maximum Gasteiger partial charge on any atom is 0.356 e. The van der Waals surface area contributed by atoms with E-state index in [0.717, 1.165) is 21.3 Å². The number of aryl methyl sites for hydroxylation is 1. The summed E-state index contributed by atoms with van der Waals surface area (Å²) in [6, 6.07) is 15.4. The second-order valence-electron chi connectivity index (χ2n) is 4.97. The van der Waals surface area contributed by atoms with Crippen LogP contribution in [0, 0.1) is 6.92 Å². The van der Waals surface area contributed by atoms with Gasteiger partial charge in [0.25, 0.3) is 0 Å². The lowest BCUT2D eigenvalue weighted by Gasteiger charge is -2.10. The van der Waals surface area contributed by atoms with Gasteiger partial charge in [-0.1, -0.05) is 45.8 Å². The number of hydrogen-bond acceptors (Lipinski definition) is 2. The average molecular weight is 357 g/mol. The summed E-state index contributed by atoms with van der Waals surface area (Å²) < 4.78 is 2.72. The van der Waals surface area contributed by atoms with Gasteiger partial charge in [-0.3, -0.25) is 4.57 Å². The van der Waals surface area contributed by atoms with Gasteiger partial charge in [0, 0.05) is 15.7 Å². The van der Waals surface area contributed by atoms with E-state index < -0.39 is 5.97 Å². The lowest BCUT2D eigenvalue weighted by atomic mass is 10.1. The number of carboxylic acids is 1. The highest BCUT2D eigenvalue weighted by Gasteiger charge is 2.19. The van der Waals surface area contributed by atoms with Crippen molar-refractivity contribution in [3.63, 3.8) is 0 Å². The molecule has 0 amide bonds. The van der Waals surface area contributed by atoms with Crippen molar-refractivity contribution >= 4 is 21.9 Å². The molecule has 1 aromatic heterocycles. The summed E-state index contributed by atoms with van der Waals surface area (Å²) in [6.07, 6.45) is 1.54. The molecular weight excluding hydrogens is 344 g/mol. The van der Waals surface area contributed by atoms with Crippen LogP contribution in [0.25, 0.3) is 16.9 Å². The average Bonchev–Trinajstić information content (AvgIpc) is 2.92. The second-order valence-corrected chi connectivity index (χ2v) is 5.88. The lowest BCUT2D eigenvalue weighted by molar-refractivity contribution is 0.0692. The largest absolute Gasteiger partial charge is 0.476 e. The Labute approximate surface area is 136 Å². The summed E-state index contributed by atoms with van der Waals surface area (Å²) in [5, 5.41) is 9.43. The van der Waals surface area contributed by atoms with Crippen molar-refractivity contribution in [3.05, 3.63) is 70.6 Å². The van der Waals surface area contributed by atoms with Gasteiger partial charge >= 0.3 is 5.97 Å². The van der Waals surface area contributed by atoms with Crippen LogP contribution >= 0.6 is 15.9 Å². The molecule has 0 saturated carbocycles. The highest BCUT2D eigenvalue weighted by molar-refractivity contribution is 9.10. The topological polar surface area (TPSA) is 55.1 Å². The van der Waals surface area contributed by atoms with E-state index in [9.17, 15) is 9.90 Å². The van der Waals surface area contributed by atoms with Crippen molar-refractivity contribution in [3.8, 4) is 16.9 Å². The molecule has 0 unspecified atom stereocenters. The number of imidazole rings is 1. The van der Waals surface area contributed by atoms with E-state index >= 15 is 0 Å². The predicted octanol–water partition coefficient (Wildman–Crippen LogP) is 4.31. The normalized spacial score (nSPS) is 10.6. The van der Waals surface area contributed by atoms with Gasteiger partial charge in [0.15, 0.2) is 5.69 Å². The van der Waals surface area contributed by atoms with Gasteiger partial charge < -0.3 is 5.11 Å². The molecule has 0 bridgehead atoms. The third kappa shape index (κ3) is 2.67. The van der Waals surface area contributed by atoms with Crippen LogP contribution < -0.4 is 0 Å². The number of hydrogen-bond donors (Lipinski definition) is 1. The molecule has 0 aliphatic carbocycles. The molecule has 1 N–H and O–H groups in total. The third-order valence-corrected chi connectivity index (χ3v) is 3.84. The van der Waals surface area contributed by atoms with E-state index in [-0.39, 0.29) is 5.69 Å². The summed E-state index contributed by atoms with van der Waals surface area (Å²) in [5.74, 6) is -1.04. The SMILES string of the molecule is Cc1cccc(-c2c(C(=O)O)ncn2-c2cccc(Br)c2)c1. The fourth-order valence-electron chi connectivity index (χ4n) is 2.39. The first kappa shape index (κ1) is 14.5. The first-order valence-electron chi connectivity index (χ1n) is 6.70. The van der Waals surface area contributed by atoms with Crippen molar-refractivity contribution in [2.45, 2.75) is 6.92 Å². The molecule has 2 aromatic carbocycles. The highest BCUT2D eigenvalue weighted by atomic mass is 79.9. The van der Waals surface area contributed by atoms with Crippen LogP contribution in [0.4, 0.5) is 0 Å². The summed E-state index contributed by atoms with van der Waals surface area (Å²) in [5.41, 5.74) is 3.37. The minimum absolute atomic E-state index is 0.0468. The number of aromatic carboxylic acids is 1. The number of carboxylic acid groups (broad SMARTS) is 1. The van der Waals surface area contributed by atoms with Crippen LogP contribution in [-0.2, 0) is 0 Å². The zero-order chi connectivity index (χ0) is 15.7. The van der Waals surface area contributed by atoms with Crippen molar-refractivity contribution < 1.29 is 9.90 Å². The fourth-order valence-corrected chi connectivity index (χ4v) is 2.78. The Morgan fingerprint density at radius 1 is 1.18 bits per heavy atom. The molecule has 0 spiro atoms. The summed E-state index contributed by atoms with van der Waals surface area (Å²) in [7, 11) is 0.